The van der Waals surface area contributed by atoms with Gasteiger partial charge in [0.05, 0.1) is 0 Å². The van der Waals surface area contributed by atoms with Gasteiger partial charge in [-0.15, -0.1) is 0 Å². The summed E-state index contributed by atoms with van der Waals surface area (Å²) >= 11 is 0. The largest absolute Gasteiger partial charge is 0.398 e. The van der Waals surface area contributed by atoms with Gasteiger partial charge in [0.15, 0.2) is 0 Å². The van der Waals surface area contributed by atoms with Crippen molar-refractivity contribution in [3.63, 3.8) is 0 Å². The lowest BCUT2D eigenvalue weighted by atomic mass is 10.1. The van der Waals surface area contributed by atoms with Gasteiger partial charge in [-0.25, -0.2) is 0 Å². The van der Waals surface area contributed by atoms with Gasteiger partial charge < -0.3 is 15.4 Å². The maximum Gasteiger partial charge on any atom is 0.0479 e. The number of anilines is 2. The van der Waals surface area contributed by atoms with Gasteiger partial charge in [-0.05, 0) is 31.5 Å². The fraction of sp³-hybridized carbons (Fsp3) is 0.400. The average molecular weight is 259 g/mol. The molecule has 2 rings (SSSR count). The predicted octanol–water partition coefficient (Wildman–Crippen LogP) is 2.60. The first-order valence-corrected chi connectivity index (χ1v) is 6.48. The highest BCUT2D eigenvalue weighted by atomic mass is 16.5. The fourth-order valence-electron chi connectivity index (χ4n) is 2.25. The van der Waals surface area contributed by atoms with Crippen molar-refractivity contribution in [3.8, 4) is 0 Å². The second kappa shape index (κ2) is 5.89. The molecule has 0 spiro atoms. The van der Waals surface area contributed by atoms with Crippen LogP contribution in [0.25, 0.3) is 10.8 Å². The summed E-state index contributed by atoms with van der Waals surface area (Å²) in [6.45, 7) is 3.73. The number of benzene rings is 1. The SMILES string of the molecule is COCCCN(C)c1ccc(N)c2cnc(C)cc12. The van der Waals surface area contributed by atoms with Crippen molar-refractivity contribution in [2.45, 2.75) is 13.3 Å². The molecule has 2 N–H and O–H groups in total. The van der Waals surface area contributed by atoms with Gasteiger partial charge in [0.1, 0.15) is 0 Å². The van der Waals surface area contributed by atoms with E-state index in [0.717, 1.165) is 41.7 Å². The van der Waals surface area contributed by atoms with E-state index in [-0.39, 0.29) is 0 Å². The molecular weight excluding hydrogens is 238 g/mol. The third kappa shape index (κ3) is 2.96. The molecule has 0 aliphatic rings. The number of nitrogens with zero attached hydrogens (tertiary/aromatic N) is 2. The Morgan fingerprint density at radius 1 is 1.32 bits per heavy atom. The van der Waals surface area contributed by atoms with Crippen LogP contribution in [0, 0.1) is 6.92 Å². The van der Waals surface area contributed by atoms with Gasteiger partial charge >= 0.3 is 0 Å². The molecule has 19 heavy (non-hydrogen) atoms. The number of aromatic nitrogens is 1. The Morgan fingerprint density at radius 3 is 2.84 bits per heavy atom. The standard InChI is InChI=1S/C15H21N3O/c1-11-9-12-13(10-17-11)14(16)5-6-15(12)18(2)7-4-8-19-3/h5-6,9-10H,4,7-8,16H2,1-3H3. The van der Waals surface area contributed by atoms with Crippen molar-refractivity contribution < 1.29 is 4.74 Å². The molecule has 0 saturated heterocycles. The lowest BCUT2D eigenvalue weighted by Crippen LogP contribution is -2.20. The number of hydrogen-bond donors (Lipinski definition) is 1. The molecule has 0 bridgehead atoms. The molecular formula is C15H21N3O. The summed E-state index contributed by atoms with van der Waals surface area (Å²) in [5.74, 6) is 0. The van der Waals surface area contributed by atoms with Crippen molar-refractivity contribution in [1.29, 1.82) is 0 Å². The summed E-state index contributed by atoms with van der Waals surface area (Å²) in [6, 6.07) is 6.11. The molecule has 0 fully saturated rings. The molecule has 0 aliphatic heterocycles. The molecule has 102 valence electrons. The Labute approximate surface area is 114 Å². The Bertz CT molecular complexity index is 569. The van der Waals surface area contributed by atoms with E-state index in [1.165, 1.54) is 5.69 Å². The number of hydrogen-bond acceptors (Lipinski definition) is 4. The fourth-order valence-corrected chi connectivity index (χ4v) is 2.25. The highest BCUT2D eigenvalue weighted by molar-refractivity contribution is 6.01. The summed E-state index contributed by atoms with van der Waals surface area (Å²) < 4.78 is 5.10. The zero-order valence-electron chi connectivity index (χ0n) is 11.8. The van der Waals surface area contributed by atoms with E-state index in [1.807, 2.05) is 19.2 Å². The van der Waals surface area contributed by atoms with Gasteiger partial charge in [-0.3, -0.25) is 4.98 Å². The minimum absolute atomic E-state index is 0.775. The zero-order valence-corrected chi connectivity index (χ0v) is 11.8. The molecule has 0 aliphatic carbocycles. The van der Waals surface area contributed by atoms with Crippen LogP contribution in [0.3, 0.4) is 0 Å². The number of ether oxygens (including phenoxy) is 1. The molecule has 0 saturated carbocycles. The van der Waals surface area contributed by atoms with E-state index in [9.17, 15) is 0 Å². The van der Waals surface area contributed by atoms with Gasteiger partial charge in [0, 0.05) is 61.3 Å². The number of rotatable bonds is 5. The number of pyridine rings is 1. The van der Waals surface area contributed by atoms with E-state index in [1.54, 1.807) is 7.11 Å². The van der Waals surface area contributed by atoms with Gasteiger partial charge in [0.2, 0.25) is 0 Å². The molecule has 4 heteroatoms. The van der Waals surface area contributed by atoms with Gasteiger partial charge in [0.25, 0.3) is 0 Å². The number of fused-ring (bicyclic) bond motifs is 1. The predicted molar refractivity (Wildman–Crippen MR) is 80.7 cm³/mol. The first kappa shape index (κ1) is 13.6. The van der Waals surface area contributed by atoms with Gasteiger partial charge in [-0.2, -0.15) is 0 Å². The lowest BCUT2D eigenvalue weighted by molar-refractivity contribution is 0.196. The number of nitrogen functional groups attached to an aromatic ring is 1. The van der Waals surface area contributed by atoms with Crippen LogP contribution in [0.2, 0.25) is 0 Å². The van der Waals surface area contributed by atoms with Crippen LogP contribution in [0.1, 0.15) is 12.1 Å². The quantitative estimate of drug-likeness (QED) is 0.662. The maximum absolute atomic E-state index is 6.02. The highest BCUT2D eigenvalue weighted by Crippen LogP contribution is 2.30. The molecule has 1 aromatic heterocycles. The van der Waals surface area contributed by atoms with Crippen LogP contribution >= 0.6 is 0 Å². The van der Waals surface area contributed by atoms with Crippen LogP contribution < -0.4 is 10.6 Å². The number of nitrogens with two attached hydrogens (primary N) is 1. The molecule has 0 atom stereocenters. The van der Waals surface area contributed by atoms with Crippen molar-refractivity contribution in [2.24, 2.45) is 0 Å². The molecule has 0 radical (unpaired) electrons. The number of aryl methyl sites for hydroxylation is 1. The summed E-state index contributed by atoms with van der Waals surface area (Å²) in [5.41, 5.74) is 8.98. The Balaban J connectivity index is 2.37. The van der Waals surface area contributed by atoms with Crippen molar-refractivity contribution >= 4 is 22.1 Å². The summed E-state index contributed by atoms with van der Waals surface area (Å²) in [4.78, 5) is 6.56. The first-order valence-electron chi connectivity index (χ1n) is 6.48. The maximum atomic E-state index is 6.02. The smallest absolute Gasteiger partial charge is 0.0479 e. The Morgan fingerprint density at radius 2 is 2.11 bits per heavy atom. The van der Waals surface area contributed by atoms with E-state index in [0.29, 0.717) is 0 Å². The van der Waals surface area contributed by atoms with Crippen molar-refractivity contribution in [1.82, 2.24) is 4.98 Å². The third-order valence-electron chi connectivity index (χ3n) is 3.30. The normalized spacial score (nSPS) is 10.9. The molecule has 4 nitrogen and oxygen atoms in total. The van der Waals surface area contributed by atoms with E-state index in [2.05, 4.69) is 29.1 Å². The Kier molecular flexibility index (Phi) is 4.22. The summed E-state index contributed by atoms with van der Waals surface area (Å²) in [5, 5.41) is 2.18. The van der Waals surface area contributed by atoms with Crippen LogP contribution in [0.5, 0.6) is 0 Å². The number of methoxy groups -OCH3 is 1. The summed E-state index contributed by atoms with van der Waals surface area (Å²) in [7, 11) is 3.82. The minimum Gasteiger partial charge on any atom is -0.398 e. The molecule has 0 amide bonds. The molecule has 2 aromatic rings. The second-order valence-electron chi connectivity index (χ2n) is 4.81. The van der Waals surface area contributed by atoms with E-state index < -0.39 is 0 Å². The topological polar surface area (TPSA) is 51.4 Å². The van der Waals surface area contributed by atoms with E-state index in [4.69, 9.17) is 10.5 Å². The van der Waals surface area contributed by atoms with Crippen LogP contribution in [-0.4, -0.2) is 32.3 Å². The third-order valence-corrected chi connectivity index (χ3v) is 3.30. The minimum atomic E-state index is 0.775. The second-order valence-corrected chi connectivity index (χ2v) is 4.81. The molecule has 1 aromatic carbocycles. The van der Waals surface area contributed by atoms with Crippen LogP contribution in [0.15, 0.2) is 24.4 Å². The van der Waals surface area contributed by atoms with Crippen molar-refractivity contribution in [3.05, 3.63) is 30.1 Å². The lowest BCUT2D eigenvalue weighted by Gasteiger charge is -2.21. The van der Waals surface area contributed by atoms with Gasteiger partial charge in [-0.1, -0.05) is 0 Å². The summed E-state index contributed by atoms with van der Waals surface area (Å²) in [6.07, 6.45) is 2.86. The van der Waals surface area contributed by atoms with Crippen LogP contribution in [0.4, 0.5) is 11.4 Å². The average Bonchev–Trinajstić information content (AvgIpc) is 2.39. The monoisotopic (exact) mass is 259 g/mol. The molecule has 0 unspecified atom stereocenters. The van der Waals surface area contributed by atoms with Crippen LogP contribution in [-0.2, 0) is 4.74 Å². The van der Waals surface area contributed by atoms with Crippen molar-refractivity contribution in [2.75, 3.05) is 37.9 Å². The first-order chi connectivity index (χ1) is 9.13. The highest BCUT2D eigenvalue weighted by Gasteiger charge is 2.08. The molecule has 1 heterocycles. The Hall–Kier alpha value is -1.81. The zero-order chi connectivity index (χ0) is 13.8. The van der Waals surface area contributed by atoms with E-state index >= 15 is 0 Å².